The molecule has 1 atom stereocenters. The Morgan fingerprint density at radius 1 is 1.09 bits per heavy atom. The second-order valence-corrected chi connectivity index (χ2v) is 7.58. The lowest BCUT2D eigenvalue weighted by Crippen LogP contribution is -2.25. The summed E-state index contributed by atoms with van der Waals surface area (Å²) in [5, 5.41) is 23.4. The average Bonchev–Trinajstić information content (AvgIpc) is 2.82. The van der Waals surface area contributed by atoms with Crippen molar-refractivity contribution in [3.63, 3.8) is 0 Å². The molecule has 1 unspecified atom stereocenters. The van der Waals surface area contributed by atoms with Crippen LogP contribution in [0, 0.1) is 0 Å². The third-order valence-corrected chi connectivity index (χ3v) is 4.50. The predicted molar refractivity (Wildman–Crippen MR) is 125 cm³/mol. The fourth-order valence-corrected chi connectivity index (χ4v) is 2.85. The monoisotopic (exact) mass is 468 g/mol. The zero-order chi connectivity index (χ0) is 24.5. The summed E-state index contributed by atoms with van der Waals surface area (Å²) in [4.78, 5) is 24.4. The van der Waals surface area contributed by atoms with E-state index in [0.29, 0.717) is 29.2 Å². The van der Waals surface area contributed by atoms with Gasteiger partial charge in [0.25, 0.3) is 0 Å². The molecule has 0 saturated heterocycles. The number of rotatable bonds is 11. The number of phenolic OH excluding ortho intramolecular Hbond substituents is 1. The third kappa shape index (κ3) is 7.12. The Balaban J connectivity index is 1.65. The van der Waals surface area contributed by atoms with Gasteiger partial charge in [-0.1, -0.05) is 0 Å². The summed E-state index contributed by atoms with van der Waals surface area (Å²) < 4.78 is 15.8. The van der Waals surface area contributed by atoms with Crippen LogP contribution in [0.5, 0.6) is 11.5 Å². The first-order valence-electron chi connectivity index (χ1n) is 10.8. The van der Waals surface area contributed by atoms with Gasteiger partial charge in [-0.3, -0.25) is 0 Å². The molecule has 3 rings (SSSR count). The molecule has 3 aromatic rings. The van der Waals surface area contributed by atoms with Crippen LogP contribution in [0.3, 0.4) is 0 Å². The Morgan fingerprint density at radius 3 is 2.53 bits per heavy atom. The lowest BCUT2D eigenvalue weighted by atomic mass is 10.2. The van der Waals surface area contributed by atoms with Crippen molar-refractivity contribution in [1.82, 2.24) is 15.0 Å². The molecule has 0 spiro atoms. The number of benzene rings is 2. The number of phenols is 1. The second kappa shape index (κ2) is 11.9. The number of ether oxygens (including phenoxy) is 3. The molecule has 34 heavy (non-hydrogen) atoms. The maximum atomic E-state index is 11.8. The van der Waals surface area contributed by atoms with E-state index in [0.717, 1.165) is 0 Å². The molecular weight excluding hydrogens is 440 g/mol. The van der Waals surface area contributed by atoms with Crippen molar-refractivity contribution in [3.05, 3.63) is 54.4 Å². The van der Waals surface area contributed by atoms with Gasteiger partial charge in [-0.15, -0.1) is 0 Å². The summed E-state index contributed by atoms with van der Waals surface area (Å²) >= 11 is 0. The molecule has 10 heteroatoms. The minimum atomic E-state index is -0.785. The number of anilines is 2. The molecule has 0 saturated carbocycles. The van der Waals surface area contributed by atoms with Crippen LogP contribution >= 0.6 is 0 Å². The highest BCUT2D eigenvalue weighted by molar-refractivity contribution is 5.89. The highest BCUT2D eigenvalue weighted by Gasteiger charge is 2.13. The highest BCUT2D eigenvalue weighted by Crippen LogP contribution is 2.31. The fraction of sp³-hybridized carbons (Fsp3) is 0.333. The van der Waals surface area contributed by atoms with Gasteiger partial charge in [0.05, 0.1) is 30.4 Å². The number of nitrogens with one attached hydrogen (secondary N) is 1. The van der Waals surface area contributed by atoms with Gasteiger partial charge < -0.3 is 29.7 Å². The lowest BCUT2D eigenvalue weighted by molar-refractivity contribution is -0.0123. The molecule has 1 aromatic heterocycles. The van der Waals surface area contributed by atoms with E-state index < -0.39 is 12.1 Å². The molecule has 3 N–H and O–H groups in total. The van der Waals surface area contributed by atoms with Gasteiger partial charge in [-0.2, -0.15) is 4.98 Å². The predicted octanol–water partition coefficient (Wildman–Crippen LogP) is 3.33. The van der Waals surface area contributed by atoms with Crippen molar-refractivity contribution >= 4 is 17.6 Å². The Morgan fingerprint density at radius 2 is 1.85 bits per heavy atom. The minimum absolute atomic E-state index is 0.0154. The summed E-state index contributed by atoms with van der Waals surface area (Å²) in [5.74, 6) is 0.440. The van der Waals surface area contributed by atoms with E-state index in [2.05, 4.69) is 20.3 Å². The van der Waals surface area contributed by atoms with E-state index in [4.69, 9.17) is 14.2 Å². The molecule has 0 aliphatic heterocycles. The maximum absolute atomic E-state index is 11.8. The molecule has 0 fully saturated rings. The summed E-state index contributed by atoms with van der Waals surface area (Å²) in [6.07, 6.45) is 0.557. The van der Waals surface area contributed by atoms with Crippen LogP contribution < -0.4 is 10.1 Å². The third-order valence-electron chi connectivity index (χ3n) is 4.50. The van der Waals surface area contributed by atoms with Crippen molar-refractivity contribution < 1.29 is 29.2 Å². The van der Waals surface area contributed by atoms with E-state index in [1.165, 1.54) is 12.4 Å². The van der Waals surface area contributed by atoms with Gasteiger partial charge in [0, 0.05) is 11.8 Å². The molecule has 1 heterocycles. The van der Waals surface area contributed by atoms with Gasteiger partial charge in [-0.05, 0) is 57.2 Å². The number of aromatic nitrogens is 3. The first-order valence-corrected chi connectivity index (χ1v) is 10.8. The zero-order valence-electron chi connectivity index (χ0n) is 19.3. The molecular formula is C24H28N4O6. The first kappa shape index (κ1) is 24.9. The summed E-state index contributed by atoms with van der Waals surface area (Å²) in [6, 6.07) is 11.4. The number of esters is 1. The van der Waals surface area contributed by atoms with Crippen LogP contribution in [0.15, 0.2) is 48.8 Å². The van der Waals surface area contributed by atoms with E-state index >= 15 is 0 Å². The number of hydrogen-bond donors (Lipinski definition) is 3. The normalized spacial score (nSPS) is 11.8. The molecule has 10 nitrogen and oxygen atoms in total. The molecule has 0 amide bonds. The largest absolute Gasteiger partial charge is 0.507 e. The minimum Gasteiger partial charge on any atom is -0.507 e. The van der Waals surface area contributed by atoms with Crippen LogP contribution in [0.4, 0.5) is 11.6 Å². The maximum Gasteiger partial charge on any atom is 0.338 e. The SMILES string of the molecule is CCOC(=O)c1ccc(Nc2ncnc(-c3ccc(OCC(O)COC(C)C)cc3O)n2)cc1. The fourth-order valence-electron chi connectivity index (χ4n) is 2.85. The van der Waals surface area contributed by atoms with Crippen LogP contribution in [-0.2, 0) is 9.47 Å². The van der Waals surface area contributed by atoms with Crippen molar-refractivity contribution in [3.8, 4) is 22.9 Å². The van der Waals surface area contributed by atoms with E-state index in [-0.39, 0.29) is 36.8 Å². The van der Waals surface area contributed by atoms with Crippen LogP contribution in [0.2, 0.25) is 0 Å². The smallest absolute Gasteiger partial charge is 0.338 e. The summed E-state index contributed by atoms with van der Waals surface area (Å²) in [6.45, 7) is 6.01. The number of hydrogen-bond acceptors (Lipinski definition) is 10. The van der Waals surface area contributed by atoms with Gasteiger partial charge >= 0.3 is 5.97 Å². The molecule has 0 aliphatic rings. The van der Waals surface area contributed by atoms with Gasteiger partial charge in [0.15, 0.2) is 5.82 Å². The molecule has 0 radical (unpaired) electrons. The molecule has 180 valence electrons. The topological polar surface area (TPSA) is 136 Å². The van der Waals surface area contributed by atoms with Crippen molar-refractivity contribution in [2.45, 2.75) is 33.0 Å². The number of aromatic hydroxyl groups is 1. The number of aliphatic hydroxyl groups excluding tert-OH is 1. The van der Waals surface area contributed by atoms with E-state index in [1.54, 1.807) is 43.3 Å². The molecule has 0 bridgehead atoms. The Bertz CT molecular complexity index is 1090. The van der Waals surface area contributed by atoms with Crippen LogP contribution in [-0.4, -0.2) is 63.2 Å². The van der Waals surface area contributed by atoms with Crippen LogP contribution in [0.25, 0.3) is 11.4 Å². The summed E-state index contributed by atoms with van der Waals surface area (Å²) in [7, 11) is 0. The second-order valence-electron chi connectivity index (χ2n) is 7.58. The van der Waals surface area contributed by atoms with Crippen molar-refractivity contribution in [1.29, 1.82) is 0 Å². The lowest BCUT2D eigenvalue weighted by Gasteiger charge is -2.15. The number of carbonyl (C=O) groups excluding carboxylic acids is 1. The quantitative estimate of drug-likeness (QED) is 0.359. The average molecular weight is 469 g/mol. The first-order chi connectivity index (χ1) is 16.4. The van der Waals surface area contributed by atoms with E-state index in [1.807, 2.05) is 13.8 Å². The van der Waals surface area contributed by atoms with Crippen molar-refractivity contribution in [2.24, 2.45) is 0 Å². The van der Waals surface area contributed by atoms with Crippen molar-refractivity contribution in [2.75, 3.05) is 25.1 Å². The van der Waals surface area contributed by atoms with E-state index in [9.17, 15) is 15.0 Å². The Hall–Kier alpha value is -3.76. The summed E-state index contributed by atoms with van der Waals surface area (Å²) in [5.41, 5.74) is 1.49. The Labute approximate surface area is 197 Å². The zero-order valence-corrected chi connectivity index (χ0v) is 19.3. The molecule has 2 aromatic carbocycles. The molecule has 0 aliphatic carbocycles. The number of aliphatic hydroxyl groups is 1. The number of nitrogens with zero attached hydrogens (tertiary/aromatic N) is 3. The highest BCUT2D eigenvalue weighted by atomic mass is 16.5. The number of carbonyl (C=O) groups is 1. The van der Waals surface area contributed by atoms with Gasteiger partial charge in [0.2, 0.25) is 5.95 Å². The van der Waals surface area contributed by atoms with Crippen LogP contribution in [0.1, 0.15) is 31.1 Å². The standard InChI is InChI=1S/C24H28N4O6/c1-4-32-23(31)16-5-7-17(8-6-16)27-24-26-14-25-22(28-24)20-10-9-19(11-21(20)30)34-13-18(29)12-33-15(2)3/h5-11,14-15,18,29-30H,4,12-13H2,1-3H3,(H,25,26,27,28). The van der Waals surface area contributed by atoms with Gasteiger partial charge in [0.1, 0.15) is 30.5 Å². The van der Waals surface area contributed by atoms with Gasteiger partial charge in [-0.25, -0.2) is 14.8 Å². The Kier molecular flexibility index (Phi) is 8.72.